The van der Waals surface area contributed by atoms with E-state index in [-0.39, 0.29) is 51.6 Å². The zero-order valence-corrected chi connectivity index (χ0v) is 19.3. The van der Waals surface area contributed by atoms with Gasteiger partial charge in [0.25, 0.3) is 0 Å². The van der Waals surface area contributed by atoms with Gasteiger partial charge in [0, 0.05) is 6.00 Å². The first kappa shape index (κ1) is 28.4. The van der Waals surface area contributed by atoms with Gasteiger partial charge in [-0.2, -0.15) is 0 Å². The van der Waals surface area contributed by atoms with E-state index in [1.807, 2.05) is 13.8 Å². The van der Waals surface area contributed by atoms with Crippen LogP contribution in [0.1, 0.15) is 33.1 Å². The van der Waals surface area contributed by atoms with Crippen molar-refractivity contribution < 1.29 is 60.6 Å². The molecule has 5 atom stereocenters. The van der Waals surface area contributed by atoms with Gasteiger partial charge in [-0.3, -0.25) is 22.6 Å². The van der Waals surface area contributed by atoms with Crippen LogP contribution in [0.25, 0.3) is 0 Å². The summed E-state index contributed by atoms with van der Waals surface area (Å²) < 4.78 is 62.9. The van der Waals surface area contributed by atoms with E-state index >= 15 is 0 Å². The molecule has 4 N–H and O–H groups in total. The van der Waals surface area contributed by atoms with E-state index in [1.165, 1.54) is 0 Å². The van der Waals surface area contributed by atoms with E-state index in [0.717, 1.165) is 0 Å². The molecule has 1 aliphatic heterocycles. The predicted octanol–water partition coefficient (Wildman–Crippen LogP) is 1.45. The fourth-order valence-corrected chi connectivity index (χ4v) is 4.61. The van der Waals surface area contributed by atoms with Crippen LogP contribution in [-0.4, -0.2) is 72.1 Å². The molecule has 176 valence electrons. The molecule has 0 aromatic rings. The molecule has 0 amide bonds. The molecule has 1 heterocycles. The molecule has 0 bridgehead atoms. The summed E-state index contributed by atoms with van der Waals surface area (Å²) in [5, 5.41) is 0. The molecule has 2 radical (unpaired) electrons. The lowest BCUT2D eigenvalue weighted by Crippen LogP contribution is -2.28. The first-order valence-corrected chi connectivity index (χ1v) is 13.6. The van der Waals surface area contributed by atoms with Crippen molar-refractivity contribution in [3.63, 3.8) is 0 Å². The second-order valence-corrected chi connectivity index (χ2v) is 10.8. The normalized spacial score (nSPS) is 26.6. The molecule has 0 saturated carbocycles. The molecule has 13 nitrogen and oxygen atoms in total. The average molecular weight is 496 g/mol. The summed E-state index contributed by atoms with van der Waals surface area (Å²) in [7, 11) is -7.72. The van der Waals surface area contributed by atoms with Crippen molar-refractivity contribution in [1.82, 2.24) is 0 Å². The van der Waals surface area contributed by atoms with Crippen molar-refractivity contribution in [2.24, 2.45) is 5.92 Å². The summed E-state index contributed by atoms with van der Waals surface area (Å²) in [6, 6.07) is -0.599. The van der Waals surface area contributed by atoms with Crippen molar-refractivity contribution in [1.29, 1.82) is 0 Å². The van der Waals surface area contributed by atoms with E-state index < -0.39 is 41.7 Å². The number of phosphoric ester groups is 3. The molecule has 5 unspecified atom stereocenters. The maximum Gasteiger partial charge on any atom is 0.472 e. The molecule has 0 aromatic heterocycles. The number of phosphoric acid groups is 3. The van der Waals surface area contributed by atoms with E-state index in [9.17, 15) is 23.5 Å². The second kappa shape index (κ2) is 12.6. The van der Waals surface area contributed by atoms with Gasteiger partial charge in [0.2, 0.25) is 0 Å². The van der Waals surface area contributed by atoms with Crippen LogP contribution in [0.5, 0.6) is 0 Å². The first-order chi connectivity index (χ1) is 13.7. The Hall–Kier alpha value is 0.355. The lowest BCUT2D eigenvalue weighted by atomic mass is 9.94. The molecular weight excluding hydrogens is 468 g/mol. The van der Waals surface area contributed by atoms with Gasteiger partial charge in [0.05, 0.1) is 38.6 Å². The van der Waals surface area contributed by atoms with Gasteiger partial charge in [-0.15, -0.1) is 0 Å². The van der Waals surface area contributed by atoms with Gasteiger partial charge in [-0.1, -0.05) is 13.8 Å². The fraction of sp³-hybridized carbons (Fsp3) is 1.00. The summed E-state index contributed by atoms with van der Waals surface area (Å²) in [6.45, 7) is 2.39. The summed E-state index contributed by atoms with van der Waals surface area (Å²) in [5.41, 5.74) is 0. The molecule has 0 aromatic carbocycles. The van der Waals surface area contributed by atoms with Crippen molar-refractivity contribution in [3.05, 3.63) is 0 Å². The van der Waals surface area contributed by atoms with Gasteiger partial charge >= 0.3 is 23.5 Å². The first-order valence-electron chi connectivity index (χ1n) is 9.09. The SMILES string of the molecule is [B]C1CC(OP(=O)(O)OCCCOP(=O)(O)OCCCOP(=O)(O)O)C(C(C)C)O1. The lowest BCUT2D eigenvalue weighted by molar-refractivity contribution is -0.00181. The molecule has 1 fully saturated rings. The Bertz CT molecular complexity index is 656. The Morgan fingerprint density at radius 2 is 1.37 bits per heavy atom. The van der Waals surface area contributed by atoms with Crippen LogP contribution in [-0.2, 0) is 41.1 Å². The molecule has 1 aliphatic rings. The number of rotatable bonds is 15. The van der Waals surface area contributed by atoms with Gasteiger partial charge in [0.1, 0.15) is 7.85 Å². The summed E-state index contributed by atoms with van der Waals surface area (Å²) in [5.74, 6) is 0.0130. The maximum atomic E-state index is 12.1. The smallest absolute Gasteiger partial charge is 0.382 e. The third-order valence-electron chi connectivity index (χ3n) is 3.69. The lowest BCUT2D eigenvalue weighted by Gasteiger charge is -2.24. The molecule has 0 aliphatic carbocycles. The van der Waals surface area contributed by atoms with Crippen molar-refractivity contribution >= 4 is 31.3 Å². The highest BCUT2D eigenvalue weighted by Crippen LogP contribution is 2.48. The number of hydrogen-bond acceptors (Lipinski definition) is 9. The Balaban J connectivity index is 2.23. The zero-order chi connectivity index (χ0) is 23.0. The molecule has 1 rings (SSSR count). The van der Waals surface area contributed by atoms with Crippen LogP contribution in [0.4, 0.5) is 0 Å². The van der Waals surface area contributed by atoms with E-state index in [0.29, 0.717) is 0 Å². The van der Waals surface area contributed by atoms with Crippen molar-refractivity contribution in [2.45, 2.75) is 51.3 Å². The minimum atomic E-state index is -4.61. The Morgan fingerprint density at radius 1 is 0.900 bits per heavy atom. The van der Waals surface area contributed by atoms with Crippen molar-refractivity contribution in [2.75, 3.05) is 26.4 Å². The minimum absolute atomic E-state index is 0.0130. The molecule has 17 heteroatoms. The van der Waals surface area contributed by atoms with E-state index in [2.05, 4.69) is 13.6 Å². The molecular formula is C13H28BO13P3. The van der Waals surface area contributed by atoms with Gasteiger partial charge in [-0.05, 0) is 25.2 Å². The third kappa shape index (κ3) is 12.4. The third-order valence-corrected chi connectivity index (χ3v) is 6.27. The maximum absolute atomic E-state index is 12.1. The molecule has 30 heavy (non-hydrogen) atoms. The minimum Gasteiger partial charge on any atom is -0.382 e. The van der Waals surface area contributed by atoms with Gasteiger partial charge in [0.15, 0.2) is 0 Å². The van der Waals surface area contributed by atoms with E-state index in [4.69, 9.17) is 31.4 Å². The number of ether oxygens (including phenoxy) is 1. The number of hydrogen-bond donors (Lipinski definition) is 4. The zero-order valence-electron chi connectivity index (χ0n) is 16.6. The summed E-state index contributed by atoms with van der Waals surface area (Å²) in [4.78, 5) is 36.2. The highest BCUT2D eigenvalue weighted by atomic mass is 31.2. The van der Waals surface area contributed by atoms with E-state index in [1.54, 1.807) is 0 Å². The quantitative estimate of drug-likeness (QED) is 0.145. The monoisotopic (exact) mass is 496 g/mol. The standard InChI is InChI=1S/C13H28BO13P3/c1-10(2)13-11(9-12(14)26-13)27-30(20,21)25-8-4-7-24-29(18,19)23-6-3-5-22-28(15,16)17/h10-13H,3-9H2,1-2H3,(H,18,19)(H,20,21)(H2,15,16,17). The molecule has 1 saturated heterocycles. The van der Waals surface area contributed by atoms with Crippen LogP contribution in [0.15, 0.2) is 0 Å². The Morgan fingerprint density at radius 3 is 1.83 bits per heavy atom. The summed E-state index contributed by atoms with van der Waals surface area (Å²) >= 11 is 0. The van der Waals surface area contributed by atoms with Gasteiger partial charge < -0.3 is 24.3 Å². The summed E-state index contributed by atoms with van der Waals surface area (Å²) in [6.07, 6.45) is -0.981. The fourth-order valence-electron chi connectivity index (χ4n) is 2.48. The molecule has 0 spiro atoms. The van der Waals surface area contributed by atoms with Gasteiger partial charge in [-0.25, -0.2) is 13.7 Å². The predicted molar refractivity (Wildman–Crippen MR) is 103 cm³/mol. The highest BCUT2D eigenvalue weighted by Gasteiger charge is 2.40. The Kier molecular flexibility index (Phi) is 11.9. The van der Waals surface area contributed by atoms with Crippen LogP contribution in [0.3, 0.4) is 0 Å². The highest BCUT2D eigenvalue weighted by molar-refractivity contribution is 7.47. The van der Waals surface area contributed by atoms with Crippen LogP contribution >= 0.6 is 23.5 Å². The average Bonchev–Trinajstić information content (AvgIpc) is 2.92. The van der Waals surface area contributed by atoms with Crippen LogP contribution in [0, 0.1) is 5.92 Å². The van der Waals surface area contributed by atoms with Crippen LogP contribution < -0.4 is 0 Å². The Labute approximate surface area is 176 Å². The largest absolute Gasteiger partial charge is 0.472 e. The van der Waals surface area contributed by atoms with Crippen molar-refractivity contribution in [3.8, 4) is 0 Å². The second-order valence-electron chi connectivity index (χ2n) is 6.73. The topological polar surface area (TPSA) is 188 Å². The van der Waals surface area contributed by atoms with Crippen LogP contribution in [0.2, 0.25) is 0 Å².